The minimum Gasteiger partial charge on any atom is -0.337 e. The molecule has 0 saturated carbocycles. The van der Waals surface area contributed by atoms with Gasteiger partial charge in [-0.05, 0) is 24.4 Å². The third-order valence-corrected chi connectivity index (χ3v) is 5.18. The Morgan fingerprint density at radius 3 is 2.40 bits per heavy atom. The van der Waals surface area contributed by atoms with E-state index < -0.39 is 6.04 Å². The van der Waals surface area contributed by atoms with E-state index in [2.05, 4.69) is 20.6 Å². The van der Waals surface area contributed by atoms with Gasteiger partial charge in [0.25, 0.3) is 0 Å². The SMILES string of the molecule is C[C@H](NC(=O)N1CCN(c2ncccn2)CC1)C(=O)Nc1cccc2ccccc12. The zero-order chi connectivity index (χ0) is 20.9. The largest absolute Gasteiger partial charge is 0.337 e. The van der Waals surface area contributed by atoms with Gasteiger partial charge in [-0.3, -0.25) is 4.79 Å². The molecule has 0 spiro atoms. The second kappa shape index (κ2) is 8.77. The number of nitrogens with zero attached hydrogens (tertiary/aromatic N) is 4. The van der Waals surface area contributed by atoms with Gasteiger partial charge in [-0.15, -0.1) is 0 Å². The van der Waals surface area contributed by atoms with E-state index in [0.29, 0.717) is 32.1 Å². The van der Waals surface area contributed by atoms with Crippen molar-refractivity contribution in [1.29, 1.82) is 0 Å². The summed E-state index contributed by atoms with van der Waals surface area (Å²) in [5.74, 6) is 0.413. The summed E-state index contributed by atoms with van der Waals surface area (Å²) in [4.78, 5) is 37.5. The van der Waals surface area contributed by atoms with Gasteiger partial charge in [-0.1, -0.05) is 36.4 Å². The van der Waals surface area contributed by atoms with Crippen LogP contribution in [0.15, 0.2) is 60.9 Å². The van der Waals surface area contributed by atoms with Gasteiger partial charge < -0.3 is 20.4 Å². The molecule has 0 bridgehead atoms. The number of carbonyl (C=O) groups excluding carboxylic acids is 2. The number of amides is 3. The fraction of sp³-hybridized carbons (Fsp3) is 0.273. The van der Waals surface area contributed by atoms with Crippen molar-refractivity contribution in [3.05, 3.63) is 60.9 Å². The number of rotatable bonds is 4. The monoisotopic (exact) mass is 404 g/mol. The van der Waals surface area contributed by atoms with E-state index in [1.165, 1.54) is 0 Å². The molecule has 154 valence electrons. The number of hydrogen-bond donors (Lipinski definition) is 2. The molecular formula is C22H24N6O2. The lowest BCUT2D eigenvalue weighted by molar-refractivity contribution is -0.117. The fourth-order valence-electron chi connectivity index (χ4n) is 3.48. The average molecular weight is 404 g/mol. The van der Waals surface area contributed by atoms with Gasteiger partial charge in [0.05, 0.1) is 0 Å². The first kappa shape index (κ1) is 19.6. The molecule has 4 rings (SSSR count). The number of hydrogen-bond acceptors (Lipinski definition) is 5. The summed E-state index contributed by atoms with van der Waals surface area (Å²) < 4.78 is 0. The lowest BCUT2D eigenvalue weighted by atomic mass is 10.1. The van der Waals surface area contributed by atoms with Crippen LogP contribution in [0.4, 0.5) is 16.4 Å². The molecule has 1 fully saturated rings. The Balaban J connectivity index is 1.32. The molecule has 1 aliphatic heterocycles. The molecule has 1 aromatic heterocycles. The van der Waals surface area contributed by atoms with E-state index in [1.54, 1.807) is 30.3 Å². The van der Waals surface area contributed by atoms with Crippen molar-refractivity contribution in [2.24, 2.45) is 0 Å². The van der Waals surface area contributed by atoms with E-state index in [1.807, 2.05) is 47.4 Å². The third-order valence-electron chi connectivity index (χ3n) is 5.18. The topological polar surface area (TPSA) is 90.5 Å². The number of nitrogens with one attached hydrogen (secondary N) is 2. The zero-order valence-electron chi connectivity index (χ0n) is 16.8. The number of piperazine rings is 1. The number of carbonyl (C=O) groups is 2. The van der Waals surface area contributed by atoms with E-state index in [0.717, 1.165) is 16.5 Å². The van der Waals surface area contributed by atoms with Gasteiger partial charge in [0.2, 0.25) is 11.9 Å². The maximum absolute atomic E-state index is 12.6. The van der Waals surface area contributed by atoms with Crippen molar-refractivity contribution < 1.29 is 9.59 Å². The van der Waals surface area contributed by atoms with Gasteiger partial charge in [0.1, 0.15) is 6.04 Å². The van der Waals surface area contributed by atoms with Crippen LogP contribution in [-0.2, 0) is 4.79 Å². The predicted octanol–water partition coefficient (Wildman–Crippen LogP) is 2.49. The molecule has 0 unspecified atom stereocenters. The number of anilines is 2. The highest BCUT2D eigenvalue weighted by atomic mass is 16.2. The molecule has 8 nitrogen and oxygen atoms in total. The number of aromatic nitrogens is 2. The minimum atomic E-state index is -0.660. The number of fused-ring (bicyclic) bond motifs is 1. The summed E-state index contributed by atoms with van der Waals surface area (Å²) in [5, 5.41) is 7.73. The van der Waals surface area contributed by atoms with Crippen LogP contribution in [0.5, 0.6) is 0 Å². The van der Waals surface area contributed by atoms with Gasteiger partial charge in [0.15, 0.2) is 0 Å². The van der Waals surface area contributed by atoms with Crippen molar-refractivity contribution >= 4 is 34.3 Å². The van der Waals surface area contributed by atoms with E-state index in [9.17, 15) is 9.59 Å². The molecular weight excluding hydrogens is 380 g/mol. The highest BCUT2D eigenvalue weighted by molar-refractivity contribution is 6.04. The van der Waals surface area contributed by atoms with Gasteiger partial charge in [-0.25, -0.2) is 14.8 Å². The van der Waals surface area contributed by atoms with E-state index >= 15 is 0 Å². The van der Waals surface area contributed by atoms with Crippen molar-refractivity contribution in [2.75, 3.05) is 36.4 Å². The molecule has 2 aromatic carbocycles. The van der Waals surface area contributed by atoms with Gasteiger partial charge >= 0.3 is 6.03 Å². The van der Waals surface area contributed by atoms with Crippen molar-refractivity contribution in [3.8, 4) is 0 Å². The Hall–Kier alpha value is -3.68. The van der Waals surface area contributed by atoms with E-state index in [4.69, 9.17) is 0 Å². The first-order valence-electron chi connectivity index (χ1n) is 9.98. The molecule has 1 saturated heterocycles. The summed E-state index contributed by atoms with van der Waals surface area (Å²) >= 11 is 0. The van der Waals surface area contributed by atoms with Crippen molar-refractivity contribution in [2.45, 2.75) is 13.0 Å². The van der Waals surface area contributed by atoms with Crippen LogP contribution < -0.4 is 15.5 Å². The standard InChI is InChI=1S/C22H24N6O2/c1-16(20(29)26-19-9-4-7-17-6-2-3-8-18(17)19)25-22(30)28-14-12-27(13-15-28)21-23-10-5-11-24-21/h2-11,16H,12-15H2,1H3,(H,25,30)(H,26,29)/t16-/m0/s1. The van der Waals surface area contributed by atoms with Crippen LogP contribution >= 0.6 is 0 Å². The Morgan fingerprint density at radius 2 is 1.63 bits per heavy atom. The molecule has 1 atom stereocenters. The van der Waals surface area contributed by atoms with Crippen LogP contribution in [0.1, 0.15) is 6.92 Å². The predicted molar refractivity (Wildman–Crippen MR) is 116 cm³/mol. The Kier molecular flexibility index (Phi) is 5.74. The van der Waals surface area contributed by atoms with Gasteiger partial charge in [-0.2, -0.15) is 0 Å². The maximum atomic E-state index is 12.6. The van der Waals surface area contributed by atoms with Gasteiger partial charge in [0, 0.05) is 49.6 Å². The molecule has 30 heavy (non-hydrogen) atoms. The molecule has 8 heteroatoms. The van der Waals surface area contributed by atoms with Crippen LogP contribution in [0.2, 0.25) is 0 Å². The smallest absolute Gasteiger partial charge is 0.318 e. The zero-order valence-corrected chi connectivity index (χ0v) is 16.8. The second-order valence-corrected chi connectivity index (χ2v) is 7.21. The molecule has 1 aliphatic rings. The Labute approximate surface area is 174 Å². The highest BCUT2D eigenvalue weighted by Gasteiger charge is 2.25. The lowest BCUT2D eigenvalue weighted by Gasteiger charge is -2.35. The molecule has 2 N–H and O–H groups in total. The summed E-state index contributed by atoms with van der Waals surface area (Å²) in [7, 11) is 0. The number of urea groups is 1. The summed E-state index contributed by atoms with van der Waals surface area (Å²) in [6.45, 7) is 4.07. The highest BCUT2D eigenvalue weighted by Crippen LogP contribution is 2.23. The molecule has 3 aromatic rings. The normalized spacial score (nSPS) is 15.0. The van der Waals surface area contributed by atoms with Crippen molar-refractivity contribution in [1.82, 2.24) is 20.2 Å². The average Bonchev–Trinajstić information content (AvgIpc) is 2.80. The molecule has 0 aliphatic carbocycles. The number of benzene rings is 2. The second-order valence-electron chi connectivity index (χ2n) is 7.21. The minimum absolute atomic E-state index is 0.246. The summed E-state index contributed by atoms with van der Waals surface area (Å²) in [6.07, 6.45) is 3.41. The van der Waals surface area contributed by atoms with Crippen LogP contribution in [0, 0.1) is 0 Å². The maximum Gasteiger partial charge on any atom is 0.318 e. The third kappa shape index (κ3) is 4.32. The van der Waals surface area contributed by atoms with Crippen LogP contribution in [0.3, 0.4) is 0 Å². The quantitative estimate of drug-likeness (QED) is 0.697. The summed E-state index contributed by atoms with van der Waals surface area (Å²) in [6, 6.07) is 14.5. The fourth-order valence-corrected chi connectivity index (χ4v) is 3.48. The molecule has 2 heterocycles. The van der Waals surface area contributed by atoms with Crippen LogP contribution in [-0.4, -0.2) is 59.0 Å². The van der Waals surface area contributed by atoms with E-state index in [-0.39, 0.29) is 11.9 Å². The first-order chi connectivity index (χ1) is 14.6. The molecule has 0 radical (unpaired) electrons. The first-order valence-corrected chi connectivity index (χ1v) is 9.98. The molecule has 3 amide bonds. The van der Waals surface area contributed by atoms with Crippen molar-refractivity contribution in [3.63, 3.8) is 0 Å². The van der Waals surface area contributed by atoms with Crippen LogP contribution in [0.25, 0.3) is 10.8 Å². The lowest BCUT2D eigenvalue weighted by Crippen LogP contribution is -2.55. The summed E-state index contributed by atoms with van der Waals surface area (Å²) in [5.41, 5.74) is 0.732. The Bertz CT molecular complexity index is 1030. The Morgan fingerprint density at radius 1 is 0.933 bits per heavy atom.